The highest BCUT2D eigenvalue weighted by molar-refractivity contribution is 7.36. The van der Waals surface area contributed by atoms with Crippen molar-refractivity contribution in [3.8, 4) is 0 Å². The lowest BCUT2D eigenvalue weighted by molar-refractivity contribution is 0.0979. The minimum atomic E-state index is 0.290. The molecule has 0 atom stereocenters. The smallest absolute Gasteiger partial charge is 0.162 e. The molecule has 35 heavy (non-hydrogen) atoms. The van der Waals surface area contributed by atoms with Crippen LogP contribution in [0.2, 0.25) is 0 Å². The number of unbranched alkanes of at least 4 members (excludes halogenated alkanes) is 11. The Bertz CT molecular complexity index is 1230. The molecule has 0 amide bonds. The van der Waals surface area contributed by atoms with Gasteiger partial charge in [-0.25, -0.2) is 0 Å². The van der Waals surface area contributed by atoms with E-state index in [-0.39, 0.29) is 0 Å². The molecule has 188 valence electrons. The van der Waals surface area contributed by atoms with E-state index in [9.17, 15) is 4.79 Å². The molecule has 0 fully saturated rings. The molecule has 4 rings (SSSR count). The molecule has 4 aromatic rings. The number of carbonyl (C=O) groups is 1. The number of carbonyl (C=O) groups excluding carboxylic acids is 1. The fourth-order valence-corrected chi connectivity index (χ4v) is 7.88. The van der Waals surface area contributed by atoms with E-state index in [1.165, 1.54) is 106 Å². The molecule has 2 aromatic heterocycles. The summed E-state index contributed by atoms with van der Waals surface area (Å²) in [6, 6.07) is 13.5. The summed E-state index contributed by atoms with van der Waals surface area (Å²) in [6.45, 7) is 4.47. The molecule has 2 aromatic carbocycles. The van der Waals surface area contributed by atoms with Gasteiger partial charge in [0.1, 0.15) is 0 Å². The van der Waals surface area contributed by atoms with Crippen molar-refractivity contribution in [3.63, 3.8) is 0 Å². The number of ketones is 1. The minimum Gasteiger partial charge on any atom is -0.294 e. The average molecular weight is 507 g/mol. The Morgan fingerprint density at radius 3 is 1.83 bits per heavy atom. The van der Waals surface area contributed by atoms with Crippen LogP contribution in [0.5, 0.6) is 0 Å². The first kappa shape index (κ1) is 26.4. The third-order valence-electron chi connectivity index (χ3n) is 7.30. The van der Waals surface area contributed by atoms with Crippen LogP contribution >= 0.6 is 22.7 Å². The Hall–Kier alpha value is -1.71. The van der Waals surface area contributed by atoms with Crippen molar-refractivity contribution < 1.29 is 4.79 Å². The van der Waals surface area contributed by atoms with E-state index in [1.807, 2.05) is 28.7 Å². The zero-order chi connectivity index (χ0) is 24.5. The number of benzene rings is 2. The summed E-state index contributed by atoms with van der Waals surface area (Å²) in [7, 11) is 0. The summed E-state index contributed by atoms with van der Waals surface area (Å²) in [6.07, 6.45) is 19.1. The molecule has 0 aliphatic rings. The second kappa shape index (κ2) is 13.6. The van der Waals surface area contributed by atoms with Gasteiger partial charge in [-0.2, -0.15) is 0 Å². The predicted octanol–water partition coefficient (Wildman–Crippen LogP) is 11.5. The zero-order valence-electron chi connectivity index (χ0n) is 21.8. The third kappa shape index (κ3) is 6.95. The van der Waals surface area contributed by atoms with Gasteiger partial charge in [-0.05, 0) is 37.0 Å². The summed E-state index contributed by atoms with van der Waals surface area (Å²) in [5.74, 6) is 0.290. The van der Waals surface area contributed by atoms with E-state index in [2.05, 4.69) is 44.2 Å². The second-order valence-electron chi connectivity index (χ2n) is 10.2. The van der Waals surface area contributed by atoms with Crippen molar-refractivity contribution in [1.29, 1.82) is 0 Å². The maximum absolute atomic E-state index is 12.6. The van der Waals surface area contributed by atoms with Gasteiger partial charge in [-0.1, -0.05) is 109 Å². The zero-order valence-corrected chi connectivity index (χ0v) is 23.4. The van der Waals surface area contributed by atoms with Gasteiger partial charge in [0.2, 0.25) is 0 Å². The number of thiophene rings is 2. The number of fused-ring (bicyclic) bond motifs is 5. The van der Waals surface area contributed by atoms with Crippen LogP contribution in [0, 0.1) is 0 Å². The van der Waals surface area contributed by atoms with Gasteiger partial charge in [0, 0.05) is 32.2 Å². The highest BCUT2D eigenvalue weighted by Gasteiger charge is 2.14. The molecule has 0 aliphatic carbocycles. The Balaban J connectivity index is 1.33. The first-order chi connectivity index (χ1) is 17.2. The number of aryl methyl sites for hydroxylation is 1. The van der Waals surface area contributed by atoms with Gasteiger partial charge >= 0.3 is 0 Å². The molecule has 0 unspecified atom stereocenters. The Kier molecular flexibility index (Phi) is 10.2. The van der Waals surface area contributed by atoms with Gasteiger partial charge in [-0.15, -0.1) is 22.7 Å². The van der Waals surface area contributed by atoms with Crippen LogP contribution in [0.4, 0.5) is 0 Å². The van der Waals surface area contributed by atoms with Crippen molar-refractivity contribution in [3.05, 3.63) is 47.5 Å². The first-order valence-electron chi connectivity index (χ1n) is 14.1. The van der Waals surface area contributed by atoms with E-state index in [4.69, 9.17) is 0 Å². The van der Waals surface area contributed by atoms with E-state index in [0.717, 1.165) is 24.8 Å². The standard InChI is InChI=1S/C32H42OS2/c1-3-5-7-8-9-10-11-12-13-15-16-24-18-20-26-29(22-24)34-32-27-21-19-25(23-30(27)35-31(26)32)28(33)17-14-6-4-2/h18-23H,3-17H2,1-2H3. The largest absolute Gasteiger partial charge is 0.294 e. The number of Topliss-reactive ketones (excluding diaryl/α,β-unsaturated/α-hetero) is 1. The lowest BCUT2D eigenvalue weighted by Gasteiger charge is -2.03. The fraction of sp³-hybridized carbons (Fsp3) is 0.531. The van der Waals surface area contributed by atoms with Crippen molar-refractivity contribution in [2.45, 2.75) is 110 Å². The molecule has 3 heteroatoms. The molecule has 2 heterocycles. The first-order valence-corrected chi connectivity index (χ1v) is 15.8. The Labute approximate surface area is 219 Å². The van der Waals surface area contributed by atoms with E-state index < -0.39 is 0 Å². The van der Waals surface area contributed by atoms with Crippen LogP contribution in [0.25, 0.3) is 29.6 Å². The lowest BCUT2D eigenvalue weighted by Crippen LogP contribution is -1.98. The minimum absolute atomic E-state index is 0.290. The van der Waals surface area contributed by atoms with Crippen LogP contribution in [0.15, 0.2) is 36.4 Å². The summed E-state index contributed by atoms with van der Waals surface area (Å²) < 4.78 is 5.45. The predicted molar refractivity (Wildman–Crippen MR) is 159 cm³/mol. The van der Waals surface area contributed by atoms with Gasteiger partial charge < -0.3 is 0 Å². The molecule has 0 bridgehead atoms. The lowest BCUT2D eigenvalue weighted by atomic mass is 10.0. The van der Waals surface area contributed by atoms with Gasteiger partial charge in [-0.3, -0.25) is 4.79 Å². The average Bonchev–Trinajstić information content (AvgIpc) is 3.40. The topological polar surface area (TPSA) is 17.1 Å². The maximum atomic E-state index is 12.6. The van der Waals surface area contributed by atoms with E-state index in [0.29, 0.717) is 12.2 Å². The highest BCUT2D eigenvalue weighted by atomic mass is 32.1. The van der Waals surface area contributed by atoms with Crippen LogP contribution in [-0.2, 0) is 6.42 Å². The second-order valence-corrected chi connectivity index (χ2v) is 12.3. The fourth-order valence-electron chi connectivity index (χ4n) is 5.13. The van der Waals surface area contributed by atoms with Gasteiger partial charge in [0.15, 0.2) is 5.78 Å². The summed E-state index contributed by atoms with van der Waals surface area (Å²) in [5, 5.41) is 2.70. The molecule has 1 nitrogen and oxygen atoms in total. The monoisotopic (exact) mass is 506 g/mol. The highest BCUT2D eigenvalue weighted by Crippen LogP contribution is 2.44. The molecule has 0 aliphatic heterocycles. The molecule has 0 radical (unpaired) electrons. The molecular weight excluding hydrogens is 464 g/mol. The quantitative estimate of drug-likeness (QED) is 0.109. The summed E-state index contributed by atoms with van der Waals surface area (Å²) in [5.41, 5.74) is 2.36. The molecule has 0 saturated carbocycles. The van der Waals surface area contributed by atoms with Crippen molar-refractivity contribution in [2.24, 2.45) is 0 Å². The summed E-state index contributed by atoms with van der Waals surface area (Å²) >= 11 is 3.78. The van der Waals surface area contributed by atoms with E-state index >= 15 is 0 Å². The van der Waals surface area contributed by atoms with Crippen LogP contribution in [0.1, 0.15) is 120 Å². The van der Waals surface area contributed by atoms with Crippen molar-refractivity contribution >= 4 is 58.0 Å². The van der Waals surface area contributed by atoms with Gasteiger partial charge in [0.05, 0.1) is 9.40 Å². The van der Waals surface area contributed by atoms with E-state index in [1.54, 1.807) is 0 Å². The molecule has 0 N–H and O–H groups in total. The molecular formula is C32H42OS2. The molecule has 0 saturated heterocycles. The van der Waals surface area contributed by atoms with Crippen molar-refractivity contribution in [1.82, 2.24) is 0 Å². The third-order valence-corrected chi connectivity index (χ3v) is 9.80. The molecule has 0 spiro atoms. The summed E-state index contributed by atoms with van der Waals surface area (Å²) in [4.78, 5) is 12.6. The van der Waals surface area contributed by atoms with Crippen LogP contribution in [0.3, 0.4) is 0 Å². The number of hydrogen-bond donors (Lipinski definition) is 0. The Morgan fingerprint density at radius 1 is 0.629 bits per heavy atom. The maximum Gasteiger partial charge on any atom is 0.162 e. The van der Waals surface area contributed by atoms with Crippen molar-refractivity contribution in [2.75, 3.05) is 0 Å². The number of rotatable bonds is 16. The Morgan fingerprint density at radius 2 is 1.17 bits per heavy atom. The van der Waals surface area contributed by atoms with Crippen LogP contribution in [-0.4, -0.2) is 5.78 Å². The van der Waals surface area contributed by atoms with Crippen LogP contribution < -0.4 is 0 Å². The van der Waals surface area contributed by atoms with Gasteiger partial charge in [0.25, 0.3) is 0 Å². The SMILES string of the molecule is CCCCCCCCCCCCc1ccc2c(c1)sc1c3ccc(C(=O)CCCCC)cc3sc21. The normalized spacial score (nSPS) is 11.8. The number of hydrogen-bond acceptors (Lipinski definition) is 3.